The van der Waals surface area contributed by atoms with Gasteiger partial charge in [0.25, 0.3) is 0 Å². The van der Waals surface area contributed by atoms with E-state index >= 15 is 0 Å². The molecule has 0 unspecified atom stereocenters. The molecule has 0 spiro atoms. The van der Waals surface area contributed by atoms with Crippen LogP contribution in [-0.2, 0) is 14.4 Å². The summed E-state index contributed by atoms with van der Waals surface area (Å²) < 4.78 is 18.0. The molecule has 0 bridgehead atoms. The lowest BCUT2D eigenvalue weighted by Gasteiger charge is -2.35. The van der Waals surface area contributed by atoms with Gasteiger partial charge >= 0.3 is 5.97 Å². The van der Waals surface area contributed by atoms with Crippen LogP contribution in [0.15, 0.2) is 29.4 Å². The molecule has 126 valence electrons. The van der Waals surface area contributed by atoms with Crippen LogP contribution >= 0.6 is 0 Å². The molecule has 1 aromatic carbocycles. The van der Waals surface area contributed by atoms with Gasteiger partial charge in [0.1, 0.15) is 12.9 Å². The van der Waals surface area contributed by atoms with Crippen molar-refractivity contribution >= 4 is 17.4 Å². The summed E-state index contributed by atoms with van der Waals surface area (Å²) in [5.41, 5.74) is 1.27. The van der Waals surface area contributed by atoms with Crippen molar-refractivity contribution in [1.82, 2.24) is 4.90 Å². The normalized spacial score (nSPS) is 16.3. The van der Waals surface area contributed by atoms with Crippen LogP contribution in [0.2, 0.25) is 0 Å². The SMILES string of the molecule is CCOC(=O)C(CN1CCN(c2ccc(F)cc2)CC1)=NOC. The van der Waals surface area contributed by atoms with E-state index in [1.807, 2.05) is 0 Å². The molecule has 7 heteroatoms. The Morgan fingerprint density at radius 2 is 1.87 bits per heavy atom. The number of hydrogen-bond acceptors (Lipinski definition) is 6. The summed E-state index contributed by atoms with van der Waals surface area (Å²) in [5.74, 6) is -0.683. The summed E-state index contributed by atoms with van der Waals surface area (Å²) in [5, 5.41) is 3.77. The average Bonchev–Trinajstić information content (AvgIpc) is 2.56. The van der Waals surface area contributed by atoms with Crippen LogP contribution in [0.25, 0.3) is 0 Å². The van der Waals surface area contributed by atoms with Gasteiger partial charge in [-0.05, 0) is 31.2 Å². The number of piperazine rings is 1. The van der Waals surface area contributed by atoms with Gasteiger partial charge in [-0.15, -0.1) is 0 Å². The third-order valence-corrected chi connectivity index (χ3v) is 3.65. The Morgan fingerprint density at radius 1 is 1.22 bits per heavy atom. The molecule has 2 rings (SSSR count). The molecule has 0 atom stereocenters. The average molecular weight is 323 g/mol. The molecule has 23 heavy (non-hydrogen) atoms. The standard InChI is InChI=1S/C16H22FN3O3/c1-3-23-16(21)15(18-22-2)12-19-8-10-20(11-9-19)14-6-4-13(17)5-7-14/h4-7H,3,8-12H2,1-2H3. The number of anilines is 1. The Labute approximate surface area is 135 Å². The van der Waals surface area contributed by atoms with E-state index in [0.29, 0.717) is 13.2 Å². The van der Waals surface area contributed by atoms with E-state index in [2.05, 4.69) is 15.0 Å². The smallest absolute Gasteiger partial charge is 0.357 e. The van der Waals surface area contributed by atoms with Crippen molar-refractivity contribution in [2.24, 2.45) is 5.16 Å². The van der Waals surface area contributed by atoms with Crippen molar-refractivity contribution in [3.63, 3.8) is 0 Å². The summed E-state index contributed by atoms with van der Waals surface area (Å²) in [6.45, 7) is 5.61. The molecule has 1 fully saturated rings. The molecule has 1 heterocycles. The van der Waals surface area contributed by atoms with Gasteiger partial charge in [0.15, 0.2) is 5.71 Å². The first-order valence-corrected chi connectivity index (χ1v) is 7.64. The van der Waals surface area contributed by atoms with Crippen LogP contribution in [0.1, 0.15) is 6.92 Å². The maximum atomic E-state index is 13.0. The van der Waals surface area contributed by atoms with Crippen molar-refractivity contribution < 1.29 is 18.8 Å². The number of nitrogens with zero attached hydrogens (tertiary/aromatic N) is 3. The number of oxime groups is 1. The van der Waals surface area contributed by atoms with E-state index in [9.17, 15) is 9.18 Å². The van der Waals surface area contributed by atoms with Gasteiger partial charge < -0.3 is 14.5 Å². The predicted octanol–water partition coefficient (Wildman–Crippen LogP) is 1.51. The molecule has 0 radical (unpaired) electrons. The second-order valence-corrected chi connectivity index (χ2v) is 5.18. The van der Waals surface area contributed by atoms with Crippen LogP contribution in [0, 0.1) is 5.82 Å². The molecule has 0 amide bonds. The van der Waals surface area contributed by atoms with Crippen LogP contribution in [0.4, 0.5) is 10.1 Å². The van der Waals surface area contributed by atoms with Crippen LogP contribution in [0.3, 0.4) is 0 Å². The fourth-order valence-electron chi connectivity index (χ4n) is 2.48. The fraction of sp³-hybridized carbons (Fsp3) is 0.500. The van der Waals surface area contributed by atoms with Gasteiger partial charge in [0.05, 0.1) is 13.2 Å². The minimum absolute atomic E-state index is 0.234. The highest BCUT2D eigenvalue weighted by molar-refractivity contribution is 6.37. The number of esters is 1. The minimum Gasteiger partial charge on any atom is -0.461 e. The maximum absolute atomic E-state index is 13.0. The van der Waals surface area contributed by atoms with E-state index in [-0.39, 0.29) is 11.5 Å². The van der Waals surface area contributed by atoms with Gasteiger partial charge in [-0.3, -0.25) is 4.90 Å². The molecule has 1 saturated heterocycles. The third-order valence-electron chi connectivity index (χ3n) is 3.65. The van der Waals surface area contributed by atoms with E-state index < -0.39 is 5.97 Å². The molecule has 0 aromatic heterocycles. The summed E-state index contributed by atoms with van der Waals surface area (Å²) in [4.78, 5) is 20.9. The third kappa shape index (κ3) is 4.92. The molecule has 0 aliphatic carbocycles. The number of carbonyl (C=O) groups excluding carboxylic acids is 1. The van der Waals surface area contributed by atoms with Crippen molar-refractivity contribution in [2.75, 3.05) is 51.3 Å². The summed E-state index contributed by atoms with van der Waals surface area (Å²) in [6, 6.07) is 6.49. The van der Waals surface area contributed by atoms with E-state index in [1.54, 1.807) is 19.1 Å². The van der Waals surface area contributed by atoms with E-state index in [0.717, 1.165) is 31.9 Å². The Kier molecular flexibility index (Phi) is 6.34. The predicted molar refractivity (Wildman–Crippen MR) is 86.1 cm³/mol. The molecule has 1 aliphatic rings. The lowest BCUT2D eigenvalue weighted by Crippen LogP contribution is -2.49. The fourth-order valence-corrected chi connectivity index (χ4v) is 2.48. The largest absolute Gasteiger partial charge is 0.461 e. The number of benzene rings is 1. The molecule has 0 N–H and O–H groups in total. The Morgan fingerprint density at radius 3 is 2.43 bits per heavy atom. The Balaban J connectivity index is 1.89. The van der Waals surface area contributed by atoms with E-state index in [1.165, 1.54) is 19.2 Å². The number of hydrogen-bond donors (Lipinski definition) is 0. The highest BCUT2D eigenvalue weighted by Crippen LogP contribution is 2.16. The summed E-state index contributed by atoms with van der Waals surface area (Å²) in [6.07, 6.45) is 0. The lowest BCUT2D eigenvalue weighted by atomic mass is 10.2. The first-order valence-electron chi connectivity index (χ1n) is 7.64. The van der Waals surface area contributed by atoms with Gasteiger partial charge in [0.2, 0.25) is 0 Å². The second kappa shape index (κ2) is 8.47. The van der Waals surface area contributed by atoms with Crippen molar-refractivity contribution in [3.05, 3.63) is 30.1 Å². The monoisotopic (exact) mass is 323 g/mol. The summed E-state index contributed by atoms with van der Waals surface area (Å²) in [7, 11) is 1.41. The van der Waals surface area contributed by atoms with Gasteiger partial charge in [-0.25, -0.2) is 9.18 Å². The summed E-state index contributed by atoms with van der Waals surface area (Å²) >= 11 is 0. The van der Waals surface area contributed by atoms with Gasteiger partial charge in [-0.1, -0.05) is 5.16 Å². The van der Waals surface area contributed by atoms with Crippen molar-refractivity contribution in [1.29, 1.82) is 0 Å². The van der Waals surface area contributed by atoms with Crippen molar-refractivity contribution in [3.8, 4) is 0 Å². The van der Waals surface area contributed by atoms with Gasteiger partial charge in [0, 0.05) is 31.9 Å². The van der Waals surface area contributed by atoms with Crippen molar-refractivity contribution in [2.45, 2.75) is 6.92 Å². The van der Waals surface area contributed by atoms with Crippen LogP contribution < -0.4 is 4.90 Å². The molecular weight excluding hydrogens is 301 g/mol. The zero-order valence-corrected chi connectivity index (χ0v) is 13.5. The highest BCUT2D eigenvalue weighted by Gasteiger charge is 2.22. The van der Waals surface area contributed by atoms with E-state index in [4.69, 9.17) is 9.57 Å². The maximum Gasteiger partial charge on any atom is 0.357 e. The molecule has 1 aromatic rings. The minimum atomic E-state index is -0.449. The number of carbonyl (C=O) groups is 1. The molecule has 0 saturated carbocycles. The first kappa shape index (κ1) is 17.2. The lowest BCUT2D eigenvalue weighted by molar-refractivity contribution is -0.135. The quantitative estimate of drug-likeness (QED) is 0.451. The molecular formula is C16H22FN3O3. The Hall–Kier alpha value is -2.15. The number of rotatable bonds is 6. The number of ether oxygens (including phenoxy) is 1. The molecule has 6 nitrogen and oxygen atoms in total. The molecule has 1 aliphatic heterocycles. The van der Waals surface area contributed by atoms with Crippen LogP contribution in [-0.4, -0.2) is 63.0 Å². The zero-order chi connectivity index (χ0) is 16.7. The zero-order valence-electron chi connectivity index (χ0n) is 13.5. The Bertz CT molecular complexity index is 540. The van der Waals surface area contributed by atoms with Gasteiger partial charge in [-0.2, -0.15) is 0 Å². The number of halogens is 1. The topological polar surface area (TPSA) is 54.4 Å². The second-order valence-electron chi connectivity index (χ2n) is 5.18. The van der Waals surface area contributed by atoms with Crippen LogP contribution in [0.5, 0.6) is 0 Å². The first-order chi connectivity index (χ1) is 11.1. The highest BCUT2D eigenvalue weighted by atomic mass is 19.1.